The molecule has 0 amide bonds. The van der Waals surface area contributed by atoms with Crippen molar-refractivity contribution in [1.29, 1.82) is 5.26 Å². The van der Waals surface area contributed by atoms with E-state index in [9.17, 15) is 5.26 Å². The Morgan fingerprint density at radius 3 is 2.13 bits per heavy atom. The summed E-state index contributed by atoms with van der Waals surface area (Å²) in [5, 5.41) is 9.86. The van der Waals surface area contributed by atoms with E-state index in [0.29, 0.717) is 5.92 Å². The first-order chi connectivity index (χ1) is 15.2. The van der Waals surface area contributed by atoms with Crippen LogP contribution in [0.1, 0.15) is 102 Å². The highest BCUT2D eigenvalue weighted by Gasteiger charge is 2.55. The predicted octanol–water partition coefficient (Wildman–Crippen LogP) is 7.80. The minimum Gasteiger partial charge on any atom is -0.236 e. The van der Waals surface area contributed by atoms with Gasteiger partial charge in [-0.05, 0) is 42.7 Å². The molecule has 3 rings (SSSR count). The Balaban J connectivity index is 1.51. The van der Waals surface area contributed by atoms with Crippen LogP contribution in [0.25, 0.3) is 11.4 Å². The van der Waals surface area contributed by atoms with Crippen LogP contribution < -0.4 is 0 Å². The first kappa shape index (κ1) is 23.5. The smallest absolute Gasteiger partial charge is 0.159 e. The van der Waals surface area contributed by atoms with Crippen LogP contribution in [-0.4, -0.2) is 9.97 Å². The maximum atomic E-state index is 9.86. The second-order valence-electron chi connectivity index (χ2n) is 9.34. The molecule has 1 aliphatic rings. The second-order valence-corrected chi connectivity index (χ2v) is 9.34. The van der Waals surface area contributed by atoms with Gasteiger partial charge in [0.25, 0.3) is 0 Å². The number of aryl methyl sites for hydroxylation is 1. The highest BCUT2D eigenvalue weighted by atomic mass is 14.9. The third-order valence-electron chi connectivity index (χ3n) is 6.89. The standard InChI is InChI=1S/C28H39N3/c1-3-5-7-9-10-11-13-23-20-30-27(31-21-23)24-15-17-25(18-16-24)28(22-29)19-26(28)14-12-8-6-4-2/h15-18,20-21,26H,3-14,19H2,1-2H3/t26-,28-/m0/s1. The molecule has 1 heterocycles. The molecule has 1 aromatic carbocycles. The Morgan fingerprint density at radius 1 is 0.871 bits per heavy atom. The fourth-order valence-electron chi connectivity index (χ4n) is 4.71. The lowest BCUT2D eigenvalue weighted by molar-refractivity contribution is 0.571. The van der Waals surface area contributed by atoms with Crippen molar-refractivity contribution < 1.29 is 0 Å². The maximum Gasteiger partial charge on any atom is 0.159 e. The van der Waals surface area contributed by atoms with Crippen molar-refractivity contribution in [3.05, 3.63) is 47.8 Å². The monoisotopic (exact) mass is 417 g/mol. The summed E-state index contributed by atoms with van der Waals surface area (Å²) in [6.45, 7) is 4.50. The minimum absolute atomic E-state index is 0.257. The second kappa shape index (κ2) is 12.0. The molecule has 0 spiro atoms. The van der Waals surface area contributed by atoms with Crippen LogP contribution in [0.3, 0.4) is 0 Å². The highest BCUT2D eigenvalue weighted by molar-refractivity contribution is 5.57. The molecule has 0 radical (unpaired) electrons. The normalized spacial score (nSPS) is 19.8. The first-order valence-electron chi connectivity index (χ1n) is 12.6. The Hall–Kier alpha value is -2.21. The molecule has 0 aliphatic heterocycles. The van der Waals surface area contributed by atoms with Crippen molar-refractivity contribution in [1.82, 2.24) is 9.97 Å². The van der Waals surface area contributed by atoms with E-state index in [0.717, 1.165) is 24.2 Å². The number of unbranched alkanes of at least 4 members (excludes halogenated alkanes) is 8. The zero-order chi connectivity index (χ0) is 21.9. The molecule has 0 N–H and O–H groups in total. The van der Waals surface area contributed by atoms with Gasteiger partial charge in [-0.1, -0.05) is 95.9 Å². The quantitative estimate of drug-likeness (QED) is 0.295. The van der Waals surface area contributed by atoms with Crippen LogP contribution in [0.4, 0.5) is 0 Å². The summed E-state index contributed by atoms with van der Waals surface area (Å²) < 4.78 is 0. The average Bonchev–Trinajstić information content (AvgIpc) is 3.54. The lowest BCUT2D eigenvalue weighted by Gasteiger charge is -2.10. The topological polar surface area (TPSA) is 49.6 Å². The van der Waals surface area contributed by atoms with E-state index in [1.165, 1.54) is 81.8 Å². The maximum absolute atomic E-state index is 9.86. The zero-order valence-corrected chi connectivity index (χ0v) is 19.6. The number of rotatable bonds is 14. The van der Waals surface area contributed by atoms with Gasteiger partial charge in [-0.15, -0.1) is 0 Å². The number of nitriles is 1. The van der Waals surface area contributed by atoms with Gasteiger partial charge >= 0.3 is 0 Å². The first-order valence-corrected chi connectivity index (χ1v) is 12.6. The Labute approximate surface area is 189 Å². The Kier molecular flexibility index (Phi) is 9.07. The number of hydrogen-bond acceptors (Lipinski definition) is 3. The molecule has 166 valence electrons. The van der Waals surface area contributed by atoms with Gasteiger partial charge in [0, 0.05) is 18.0 Å². The molecule has 2 aromatic rings. The Bertz CT molecular complexity index is 819. The fourth-order valence-corrected chi connectivity index (χ4v) is 4.71. The molecular weight excluding hydrogens is 378 g/mol. The molecule has 3 nitrogen and oxygen atoms in total. The van der Waals surface area contributed by atoms with Crippen LogP contribution in [0.15, 0.2) is 36.7 Å². The molecule has 1 fully saturated rings. The van der Waals surface area contributed by atoms with E-state index in [1.54, 1.807) is 0 Å². The van der Waals surface area contributed by atoms with Crippen molar-refractivity contribution in [3.63, 3.8) is 0 Å². The molecule has 3 heteroatoms. The van der Waals surface area contributed by atoms with Crippen molar-refractivity contribution in [2.75, 3.05) is 0 Å². The van der Waals surface area contributed by atoms with E-state index in [-0.39, 0.29) is 5.41 Å². The molecule has 0 saturated heterocycles. The van der Waals surface area contributed by atoms with Gasteiger partial charge in [0.1, 0.15) is 0 Å². The minimum atomic E-state index is -0.257. The summed E-state index contributed by atoms with van der Waals surface area (Å²) in [7, 11) is 0. The molecule has 1 aliphatic carbocycles. The van der Waals surface area contributed by atoms with E-state index >= 15 is 0 Å². The zero-order valence-electron chi connectivity index (χ0n) is 19.6. The van der Waals surface area contributed by atoms with Crippen molar-refractivity contribution >= 4 is 0 Å². The van der Waals surface area contributed by atoms with Gasteiger partial charge in [-0.2, -0.15) is 5.26 Å². The lowest BCUT2D eigenvalue weighted by atomic mass is 9.92. The van der Waals surface area contributed by atoms with Gasteiger partial charge in [0.05, 0.1) is 11.5 Å². The number of hydrogen-bond donors (Lipinski definition) is 0. The molecule has 0 bridgehead atoms. The summed E-state index contributed by atoms with van der Waals surface area (Å²) in [6, 6.07) is 11.1. The van der Waals surface area contributed by atoms with E-state index in [2.05, 4.69) is 54.2 Å². The van der Waals surface area contributed by atoms with Gasteiger partial charge in [-0.3, -0.25) is 0 Å². The lowest BCUT2D eigenvalue weighted by Crippen LogP contribution is -2.07. The van der Waals surface area contributed by atoms with Crippen molar-refractivity contribution in [2.45, 2.75) is 103 Å². The highest BCUT2D eigenvalue weighted by Crippen LogP contribution is 2.56. The van der Waals surface area contributed by atoms with Gasteiger partial charge in [0.15, 0.2) is 5.82 Å². The summed E-state index contributed by atoms with van der Waals surface area (Å²) in [4.78, 5) is 9.20. The number of aromatic nitrogens is 2. The molecule has 1 saturated carbocycles. The largest absolute Gasteiger partial charge is 0.236 e. The van der Waals surface area contributed by atoms with E-state index in [1.807, 2.05) is 12.4 Å². The average molecular weight is 418 g/mol. The summed E-state index contributed by atoms with van der Waals surface area (Å²) in [6.07, 6.45) is 20.2. The van der Waals surface area contributed by atoms with Crippen LogP contribution in [0.2, 0.25) is 0 Å². The summed E-state index contributed by atoms with van der Waals surface area (Å²) in [5.74, 6) is 1.30. The van der Waals surface area contributed by atoms with E-state index < -0.39 is 0 Å². The van der Waals surface area contributed by atoms with Gasteiger partial charge in [0.2, 0.25) is 0 Å². The van der Waals surface area contributed by atoms with Crippen molar-refractivity contribution in [3.8, 4) is 17.5 Å². The number of benzene rings is 1. The molecule has 0 unspecified atom stereocenters. The summed E-state index contributed by atoms with van der Waals surface area (Å²) in [5.41, 5.74) is 3.16. The molecule has 31 heavy (non-hydrogen) atoms. The van der Waals surface area contributed by atoms with Gasteiger partial charge in [-0.25, -0.2) is 9.97 Å². The molecule has 2 atom stereocenters. The van der Waals surface area contributed by atoms with Crippen molar-refractivity contribution in [2.24, 2.45) is 5.92 Å². The van der Waals surface area contributed by atoms with Crippen LogP contribution in [0.5, 0.6) is 0 Å². The molecular formula is C28H39N3. The van der Waals surface area contributed by atoms with Crippen LogP contribution in [0, 0.1) is 17.2 Å². The SMILES string of the molecule is CCCCCCCCc1cnc(-c2ccc([C@@]3(C#N)C[C@@H]3CCCCCC)cc2)nc1. The third-order valence-corrected chi connectivity index (χ3v) is 6.89. The Morgan fingerprint density at radius 2 is 1.48 bits per heavy atom. The third kappa shape index (κ3) is 6.39. The van der Waals surface area contributed by atoms with Crippen LogP contribution >= 0.6 is 0 Å². The number of nitrogens with zero attached hydrogens (tertiary/aromatic N) is 3. The predicted molar refractivity (Wildman–Crippen MR) is 129 cm³/mol. The fraction of sp³-hybridized carbons (Fsp3) is 0.607. The summed E-state index contributed by atoms with van der Waals surface area (Å²) >= 11 is 0. The van der Waals surface area contributed by atoms with Gasteiger partial charge < -0.3 is 0 Å². The molecule has 1 aromatic heterocycles. The van der Waals surface area contributed by atoms with Crippen LogP contribution in [-0.2, 0) is 11.8 Å². The van der Waals surface area contributed by atoms with E-state index in [4.69, 9.17) is 0 Å².